The molecule has 2 aromatic carbocycles. The van der Waals surface area contributed by atoms with Crippen molar-refractivity contribution in [3.05, 3.63) is 48.0 Å². The monoisotopic (exact) mass is 364 g/mol. The molecule has 2 aromatic rings. The first-order valence-electron chi connectivity index (χ1n) is 9.28. The smallest absolute Gasteiger partial charge is 0.242 e. The number of amides is 2. The number of carbonyl (C=O) groups is 2. The van der Waals surface area contributed by atoms with Crippen LogP contribution in [0.3, 0.4) is 0 Å². The Hall–Kier alpha value is -3.02. The molecular weight excluding hydrogens is 344 g/mol. The molecule has 1 N–H and O–H groups in total. The van der Waals surface area contributed by atoms with E-state index in [-0.39, 0.29) is 11.8 Å². The minimum Gasteiger partial charge on any atom is -0.486 e. The summed E-state index contributed by atoms with van der Waals surface area (Å²) in [7, 11) is 0. The maximum Gasteiger partial charge on any atom is 0.242 e. The number of benzene rings is 2. The van der Waals surface area contributed by atoms with E-state index in [9.17, 15) is 9.59 Å². The molecule has 0 spiro atoms. The van der Waals surface area contributed by atoms with E-state index in [2.05, 4.69) is 5.32 Å². The van der Waals surface area contributed by atoms with Gasteiger partial charge in [-0.05, 0) is 43.0 Å². The lowest BCUT2D eigenvalue weighted by molar-refractivity contribution is -0.132. The third-order valence-electron chi connectivity index (χ3n) is 5.53. The fourth-order valence-corrected chi connectivity index (χ4v) is 3.84. The Bertz CT molecular complexity index is 936. The summed E-state index contributed by atoms with van der Waals surface area (Å²) < 4.78 is 11.1. The summed E-state index contributed by atoms with van der Waals surface area (Å²) >= 11 is 0. The van der Waals surface area contributed by atoms with Crippen LogP contribution in [-0.2, 0) is 16.0 Å². The van der Waals surface area contributed by atoms with Crippen LogP contribution in [0.15, 0.2) is 42.5 Å². The number of rotatable bonds is 3. The van der Waals surface area contributed by atoms with Crippen molar-refractivity contribution in [1.82, 2.24) is 0 Å². The molecule has 0 atom stereocenters. The highest BCUT2D eigenvalue weighted by Crippen LogP contribution is 2.50. The second kappa shape index (κ2) is 6.01. The molecule has 2 aliphatic heterocycles. The SMILES string of the molecule is O=C(Nc1ccc2c(c1)OCCO2)C1(C(=O)N2CCc3ccccc32)CC1. The van der Waals surface area contributed by atoms with Crippen LogP contribution in [0.5, 0.6) is 11.5 Å². The molecule has 6 heteroatoms. The van der Waals surface area contributed by atoms with Crippen LogP contribution in [0.25, 0.3) is 0 Å². The molecule has 1 fully saturated rings. The van der Waals surface area contributed by atoms with Crippen molar-refractivity contribution >= 4 is 23.2 Å². The number of fused-ring (bicyclic) bond motifs is 2. The number of anilines is 2. The summed E-state index contributed by atoms with van der Waals surface area (Å²) in [5, 5.41) is 2.90. The first-order chi connectivity index (χ1) is 13.2. The first kappa shape index (κ1) is 16.2. The van der Waals surface area contributed by atoms with E-state index < -0.39 is 5.41 Å². The maximum absolute atomic E-state index is 13.2. The van der Waals surface area contributed by atoms with E-state index in [1.807, 2.05) is 24.3 Å². The molecule has 138 valence electrons. The molecule has 27 heavy (non-hydrogen) atoms. The van der Waals surface area contributed by atoms with Gasteiger partial charge in [-0.3, -0.25) is 9.59 Å². The van der Waals surface area contributed by atoms with Crippen molar-refractivity contribution < 1.29 is 19.1 Å². The molecule has 2 heterocycles. The van der Waals surface area contributed by atoms with Crippen LogP contribution < -0.4 is 19.7 Å². The Morgan fingerprint density at radius 2 is 1.78 bits per heavy atom. The van der Waals surface area contributed by atoms with E-state index in [0.717, 1.165) is 17.7 Å². The maximum atomic E-state index is 13.2. The van der Waals surface area contributed by atoms with Gasteiger partial charge < -0.3 is 19.7 Å². The van der Waals surface area contributed by atoms with Gasteiger partial charge >= 0.3 is 0 Å². The molecule has 0 unspecified atom stereocenters. The highest BCUT2D eigenvalue weighted by Gasteiger charge is 2.58. The Balaban J connectivity index is 1.35. The normalized spacial score (nSPS) is 18.6. The number of ether oxygens (including phenoxy) is 2. The number of nitrogens with one attached hydrogen (secondary N) is 1. The lowest BCUT2D eigenvalue weighted by atomic mass is 10.0. The average molecular weight is 364 g/mol. The summed E-state index contributed by atoms with van der Waals surface area (Å²) in [6.07, 6.45) is 2.00. The summed E-state index contributed by atoms with van der Waals surface area (Å²) in [6, 6.07) is 13.2. The Morgan fingerprint density at radius 1 is 1.00 bits per heavy atom. The second-order valence-electron chi connectivity index (χ2n) is 7.23. The van der Waals surface area contributed by atoms with E-state index in [1.165, 1.54) is 0 Å². The minimum absolute atomic E-state index is 0.0949. The van der Waals surface area contributed by atoms with Crippen LogP contribution in [0.2, 0.25) is 0 Å². The highest BCUT2D eigenvalue weighted by atomic mass is 16.6. The molecule has 0 saturated heterocycles. The Kier molecular flexibility index (Phi) is 3.60. The lowest BCUT2D eigenvalue weighted by Gasteiger charge is -2.24. The number of nitrogens with zero attached hydrogens (tertiary/aromatic N) is 1. The molecule has 2 amide bonds. The van der Waals surface area contributed by atoms with Gasteiger partial charge in [-0.1, -0.05) is 18.2 Å². The van der Waals surface area contributed by atoms with Gasteiger partial charge in [0, 0.05) is 24.0 Å². The topological polar surface area (TPSA) is 67.9 Å². The molecule has 1 saturated carbocycles. The van der Waals surface area contributed by atoms with Crippen molar-refractivity contribution in [2.45, 2.75) is 19.3 Å². The highest BCUT2D eigenvalue weighted by molar-refractivity contribution is 6.18. The fourth-order valence-electron chi connectivity index (χ4n) is 3.84. The van der Waals surface area contributed by atoms with Gasteiger partial charge in [-0.15, -0.1) is 0 Å². The molecular formula is C21H20N2O4. The van der Waals surface area contributed by atoms with Crippen molar-refractivity contribution in [2.75, 3.05) is 30.0 Å². The van der Waals surface area contributed by atoms with Gasteiger partial charge in [0.05, 0.1) is 0 Å². The third kappa shape index (κ3) is 2.63. The summed E-state index contributed by atoms with van der Waals surface area (Å²) in [5.41, 5.74) is 1.75. The van der Waals surface area contributed by atoms with Gasteiger partial charge in [0.25, 0.3) is 0 Å². The number of para-hydroxylation sites is 1. The van der Waals surface area contributed by atoms with Crippen LogP contribution in [0.4, 0.5) is 11.4 Å². The van der Waals surface area contributed by atoms with Crippen LogP contribution in [0, 0.1) is 5.41 Å². The largest absolute Gasteiger partial charge is 0.486 e. The van der Waals surface area contributed by atoms with E-state index >= 15 is 0 Å². The molecule has 6 nitrogen and oxygen atoms in total. The van der Waals surface area contributed by atoms with Gasteiger partial charge in [0.2, 0.25) is 11.8 Å². The lowest BCUT2D eigenvalue weighted by Crippen LogP contribution is -2.42. The standard InChI is InChI=1S/C21H20N2O4/c24-19(22-15-5-6-17-18(13-15)27-12-11-26-17)21(8-9-21)20(25)23-10-7-14-3-1-2-4-16(14)23/h1-6,13H,7-12H2,(H,22,24). The third-order valence-corrected chi connectivity index (χ3v) is 5.53. The zero-order valence-electron chi connectivity index (χ0n) is 14.9. The number of hydrogen-bond acceptors (Lipinski definition) is 4. The van der Waals surface area contributed by atoms with Crippen LogP contribution in [-0.4, -0.2) is 31.6 Å². The number of carbonyl (C=O) groups excluding carboxylic acids is 2. The first-order valence-corrected chi connectivity index (χ1v) is 9.28. The van der Waals surface area contributed by atoms with Crippen molar-refractivity contribution in [3.63, 3.8) is 0 Å². The Labute approximate surface area is 157 Å². The van der Waals surface area contributed by atoms with Gasteiger partial charge in [0.1, 0.15) is 18.6 Å². The average Bonchev–Trinajstić information content (AvgIpc) is 3.41. The van der Waals surface area contributed by atoms with Crippen molar-refractivity contribution in [3.8, 4) is 11.5 Å². The molecule has 0 radical (unpaired) electrons. The summed E-state index contributed by atoms with van der Waals surface area (Å²) in [5.74, 6) is 0.949. The summed E-state index contributed by atoms with van der Waals surface area (Å²) in [4.78, 5) is 27.9. The zero-order chi connectivity index (χ0) is 18.4. The molecule has 0 aromatic heterocycles. The molecule has 1 aliphatic carbocycles. The molecule has 0 bridgehead atoms. The van der Waals surface area contributed by atoms with Gasteiger partial charge in [-0.25, -0.2) is 0 Å². The van der Waals surface area contributed by atoms with Crippen molar-refractivity contribution in [2.24, 2.45) is 5.41 Å². The van der Waals surface area contributed by atoms with E-state index in [1.54, 1.807) is 23.1 Å². The number of hydrogen-bond donors (Lipinski definition) is 1. The second-order valence-corrected chi connectivity index (χ2v) is 7.23. The molecule has 5 rings (SSSR count). The minimum atomic E-state index is -0.954. The summed E-state index contributed by atoms with van der Waals surface area (Å²) in [6.45, 7) is 1.64. The molecule has 3 aliphatic rings. The van der Waals surface area contributed by atoms with E-state index in [4.69, 9.17) is 9.47 Å². The fraction of sp³-hybridized carbons (Fsp3) is 0.333. The van der Waals surface area contributed by atoms with Gasteiger partial charge in [0.15, 0.2) is 11.5 Å². The van der Waals surface area contributed by atoms with Gasteiger partial charge in [-0.2, -0.15) is 0 Å². The van der Waals surface area contributed by atoms with Crippen LogP contribution in [0.1, 0.15) is 18.4 Å². The predicted octanol–water partition coefficient (Wildman–Crippen LogP) is 2.77. The van der Waals surface area contributed by atoms with Crippen molar-refractivity contribution in [1.29, 1.82) is 0 Å². The van der Waals surface area contributed by atoms with Crippen LogP contribution >= 0.6 is 0 Å². The zero-order valence-corrected chi connectivity index (χ0v) is 14.9. The Morgan fingerprint density at radius 3 is 2.59 bits per heavy atom. The predicted molar refractivity (Wildman–Crippen MR) is 100 cm³/mol. The quantitative estimate of drug-likeness (QED) is 0.851. The van der Waals surface area contributed by atoms with E-state index in [0.29, 0.717) is 49.8 Å².